The highest BCUT2D eigenvalue weighted by atomic mass is 15.3. The molecule has 5 nitrogen and oxygen atoms in total. The van der Waals surface area contributed by atoms with Crippen molar-refractivity contribution in [3.05, 3.63) is 47.8 Å². The first-order chi connectivity index (χ1) is 9.74. The SMILES string of the molecule is Cc1nn(-c2ccccc2)cc1CNC1=NCCN1C. The maximum atomic E-state index is 4.57. The molecule has 0 saturated carbocycles. The molecule has 20 heavy (non-hydrogen) atoms. The van der Waals surface area contributed by atoms with E-state index in [1.165, 1.54) is 5.56 Å². The van der Waals surface area contributed by atoms with E-state index < -0.39 is 0 Å². The Balaban J connectivity index is 1.73. The molecule has 1 aliphatic rings. The molecular weight excluding hydrogens is 250 g/mol. The lowest BCUT2D eigenvalue weighted by molar-refractivity contribution is 0.534. The standard InChI is InChI=1S/C15H19N5/c1-12-13(10-17-15-16-8-9-19(15)2)11-20(18-12)14-6-4-3-5-7-14/h3-7,11H,8-10H2,1-2H3,(H,16,17). The lowest BCUT2D eigenvalue weighted by atomic mass is 10.2. The molecule has 0 aliphatic carbocycles. The number of likely N-dealkylation sites (N-methyl/N-ethyl adjacent to an activating group) is 1. The summed E-state index contributed by atoms with van der Waals surface area (Å²) >= 11 is 0. The van der Waals surface area contributed by atoms with E-state index in [0.717, 1.165) is 37.0 Å². The van der Waals surface area contributed by atoms with E-state index >= 15 is 0 Å². The van der Waals surface area contributed by atoms with Crippen molar-refractivity contribution in [1.29, 1.82) is 0 Å². The summed E-state index contributed by atoms with van der Waals surface area (Å²) in [5.41, 5.74) is 3.32. The van der Waals surface area contributed by atoms with Gasteiger partial charge < -0.3 is 10.2 Å². The number of nitrogens with one attached hydrogen (secondary N) is 1. The molecular formula is C15H19N5. The number of hydrogen-bond donors (Lipinski definition) is 1. The predicted octanol–water partition coefficient (Wildman–Crippen LogP) is 1.57. The molecule has 2 aromatic rings. The maximum absolute atomic E-state index is 4.57. The van der Waals surface area contributed by atoms with Crippen LogP contribution < -0.4 is 5.32 Å². The molecule has 0 radical (unpaired) electrons. The molecule has 0 atom stereocenters. The number of hydrogen-bond acceptors (Lipinski definition) is 4. The van der Waals surface area contributed by atoms with Crippen molar-refractivity contribution >= 4 is 5.96 Å². The van der Waals surface area contributed by atoms with Gasteiger partial charge in [-0.2, -0.15) is 5.10 Å². The summed E-state index contributed by atoms with van der Waals surface area (Å²) in [7, 11) is 2.05. The summed E-state index contributed by atoms with van der Waals surface area (Å²) in [6, 6.07) is 10.2. The van der Waals surface area contributed by atoms with Crippen LogP contribution >= 0.6 is 0 Å². The fourth-order valence-corrected chi connectivity index (χ4v) is 2.28. The minimum absolute atomic E-state index is 0.752. The Labute approximate surface area is 118 Å². The van der Waals surface area contributed by atoms with Crippen LogP contribution in [0.2, 0.25) is 0 Å². The number of rotatable bonds is 3. The number of aryl methyl sites for hydroxylation is 1. The number of aliphatic imine (C=N–C) groups is 1. The maximum Gasteiger partial charge on any atom is 0.194 e. The van der Waals surface area contributed by atoms with E-state index in [2.05, 4.69) is 45.7 Å². The Bertz CT molecular complexity index is 614. The van der Waals surface area contributed by atoms with Crippen molar-refractivity contribution in [3.63, 3.8) is 0 Å². The summed E-state index contributed by atoms with van der Waals surface area (Å²) in [5, 5.41) is 7.94. The van der Waals surface area contributed by atoms with Crippen LogP contribution in [0.4, 0.5) is 0 Å². The third kappa shape index (κ3) is 2.52. The van der Waals surface area contributed by atoms with Gasteiger partial charge in [-0.3, -0.25) is 4.99 Å². The summed E-state index contributed by atoms with van der Waals surface area (Å²) in [6.45, 7) is 4.66. The first-order valence-corrected chi connectivity index (χ1v) is 6.84. The van der Waals surface area contributed by atoms with E-state index in [1.54, 1.807) is 0 Å². The smallest absolute Gasteiger partial charge is 0.194 e. The van der Waals surface area contributed by atoms with Gasteiger partial charge in [0, 0.05) is 31.9 Å². The number of aromatic nitrogens is 2. The third-order valence-corrected chi connectivity index (χ3v) is 3.52. The largest absolute Gasteiger partial charge is 0.352 e. The quantitative estimate of drug-likeness (QED) is 0.920. The van der Waals surface area contributed by atoms with Gasteiger partial charge in [-0.05, 0) is 19.1 Å². The molecule has 0 spiro atoms. The first-order valence-electron chi connectivity index (χ1n) is 6.84. The van der Waals surface area contributed by atoms with Gasteiger partial charge in [0.1, 0.15) is 0 Å². The van der Waals surface area contributed by atoms with Crippen LogP contribution in [0.25, 0.3) is 5.69 Å². The van der Waals surface area contributed by atoms with Crippen molar-refractivity contribution < 1.29 is 0 Å². The molecule has 1 aliphatic heterocycles. The van der Waals surface area contributed by atoms with Crippen LogP contribution in [-0.2, 0) is 6.54 Å². The van der Waals surface area contributed by atoms with Crippen molar-refractivity contribution in [2.24, 2.45) is 4.99 Å². The van der Waals surface area contributed by atoms with Crippen molar-refractivity contribution in [2.45, 2.75) is 13.5 Å². The van der Waals surface area contributed by atoms with Crippen LogP contribution in [0.3, 0.4) is 0 Å². The van der Waals surface area contributed by atoms with E-state index in [1.807, 2.05) is 29.8 Å². The molecule has 0 amide bonds. The van der Waals surface area contributed by atoms with Crippen molar-refractivity contribution in [3.8, 4) is 5.69 Å². The average Bonchev–Trinajstić information content (AvgIpc) is 3.04. The zero-order valence-electron chi connectivity index (χ0n) is 11.9. The van der Waals surface area contributed by atoms with Gasteiger partial charge in [0.25, 0.3) is 0 Å². The van der Waals surface area contributed by atoms with E-state index in [9.17, 15) is 0 Å². The highest BCUT2D eigenvalue weighted by Crippen LogP contribution is 2.11. The third-order valence-electron chi connectivity index (χ3n) is 3.52. The second-order valence-electron chi connectivity index (χ2n) is 5.00. The second-order valence-corrected chi connectivity index (χ2v) is 5.00. The molecule has 104 valence electrons. The van der Waals surface area contributed by atoms with Crippen LogP contribution in [0.15, 0.2) is 41.5 Å². The zero-order valence-corrected chi connectivity index (χ0v) is 11.9. The van der Waals surface area contributed by atoms with Crippen molar-refractivity contribution in [1.82, 2.24) is 20.0 Å². The van der Waals surface area contributed by atoms with Gasteiger partial charge in [-0.15, -0.1) is 0 Å². The minimum atomic E-state index is 0.752. The second kappa shape index (κ2) is 5.36. The number of para-hydroxylation sites is 1. The molecule has 5 heteroatoms. The lowest BCUT2D eigenvalue weighted by Gasteiger charge is -2.14. The van der Waals surface area contributed by atoms with E-state index in [-0.39, 0.29) is 0 Å². The highest BCUT2D eigenvalue weighted by Gasteiger charge is 2.13. The Kier molecular flexibility index (Phi) is 3.41. The van der Waals surface area contributed by atoms with Gasteiger partial charge in [-0.1, -0.05) is 18.2 Å². The first kappa shape index (κ1) is 12.7. The molecule has 0 fully saturated rings. The van der Waals surface area contributed by atoms with Crippen LogP contribution in [-0.4, -0.2) is 40.8 Å². The molecule has 0 bridgehead atoms. The van der Waals surface area contributed by atoms with Gasteiger partial charge in [0.15, 0.2) is 5.96 Å². The lowest BCUT2D eigenvalue weighted by Crippen LogP contribution is -2.35. The summed E-state index contributed by atoms with van der Waals surface area (Å²) in [6.07, 6.45) is 2.08. The summed E-state index contributed by atoms with van der Waals surface area (Å²) in [4.78, 5) is 6.57. The van der Waals surface area contributed by atoms with Gasteiger partial charge in [0.05, 0.1) is 17.9 Å². The zero-order chi connectivity index (χ0) is 13.9. The molecule has 1 aromatic carbocycles. The monoisotopic (exact) mass is 269 g/mol. The molecule has 1 aromatic heterocycles. The van der Waals surface area contributed by atoms with E-state index in [0.29, 0.717) is 0 Å². The van der Waals surface area contributed by atoms with Crippen LogP contribution in [0.1, 0.15) is 11.3 Å². The fraction of sp³-hybridized carbons (Fsp3) is 0.333. The van der Waals surface area contributed by atoms with Crippen molar-refractivity contribution in [2.75, 3.05) is 20.1 Å². The van der Waals surface area contributed by atoms with Gasteiger partial charge >= 0.3 is 0 Å². The Morgan fingerprint density at radius 2 is 2.05 bits per heavy atom. The van der Waals surface area contributed by atoms with Gasteiger partial charge in [-0.25, -0.2) is 4.68 Å². The molecule has 1 N–H and O–H groups in total. The number of benzene rings is 1. The minimum Gasteiger partial charge on any atom is -0.352 e. The number of guanidine groups is 1. The average molecular weight is 269 g/mol. The Hall–Kier alpha value is -2.30. The summed E-state index contributed by atoms with van der Waals surface area (Å²) < 4.78 is 1.92. The molecule has 0 saturated heterocycles. The molecule has 3 rings (SSSR count). The van der Waals surface area contributed by atoms with Crippen LogP contribution in [0, 0.1) is 6.92 Å². The Morgan fingerprint density at radius 3 is 2.75 bits per heavy atom. The molecule has 2 heterocycles. The highest BCUT2D eigenvalue weighted by molar-refractivity contribution is 5.81. The van der Waals surface area contributed by atoms with Gasteiger partial charge in [0.2, 0.25) is 0 Å². The Morgan fingerprint density at radius 1 is 1.25 bits per heavy atom. The van der Waals surface area contributed by atoms with E-state index in [4.69, 9.17) is 0 Å². The normalized spacial score (nSPS) is 14.5. The predicted molar refractivity (Wildman–Crippen MR) is 80.1 cm³/mol. The molecule has 0 unspecified atom stereocenters. The number of nitrogens with zero attached hydrogens (tertiary/aromatic N) is 4. The van der Waals surface area contributed by atoms with Crippen LogP contribution in [0.5, 0.6) is 0 Å². The topological polar surface area (TPSA) is 45.5 Å². The summed E-state index contributed by atoms with van der Waals surface area (Å²) in [5.74, 6) is 0.969. The fourth-order valence-electron chi connectivity index (χ4n) is 2.28.